The Morgan fingerprint density at radius 1 is 1.38 bits per heavy atom. The summed E-state index contributed by atoms with van der Waals surface area (Å²) in [6.45, 7) is 4.91. The summed E-state index contributed by atoms with van der Waals surface area (Å²) < 4.78 is 10.7. The number of nitrogens with zero attached hydrogens (tertiary/aromatic N) is 2. The van der Waals surface area contributed by atoms with Crippen LogP contribution in [0.4, 0.5) is 0 Å². The number of ether oxygens (including phenoxy) is 1. The number of hydrogen-bond donors (Lipinski definition) is 2. The summed E-state index contributed by atoms with van der Waals surface area (Å²) in [4.78, 5) is 9.80. The van der Waals surface area contributed by atoms with Crippen molar-refractivity contribution >= 4 is 41.3 Å². The van der Waals surface area contributed by atoms with Crippen LogP contribution >= 0.6 is 35.3 Å². The van der Waals surface area contributed by atoms with Gasteiger partial charge in [-0.15, -0.1) is 35.3 Å². The molecule has 0 radical (unpaired) electrons. The average molecular weight is 464 g/mol. The Labute approximate surface area is 164 Å². The molecule has 0 bridgehead atoms. The molecule has 2 aromatic heterocycles. The van der Waals surface area contributed by atoms with E-state index in [2.05, 4.69) is 27.5 Å². The lowest BCUT2D eigenvalue weighted by Crippen LogP contribution is -2.39. The van der Waals surface area contributed by atoms with Crippen LogP contribution in [-0.2, 0) is 17.8 Å². The fourth-order valence-corrected chi connectivity index (χ4v) is 2.76. The Hall–Kier alpha value is -1.13. The summed E-state index contributed by atoms with van der Waals surface area (Å²) in [6.07, 6.45) is 5.39. The maximum absolute atomic E-state index is 5.53. The first-order valence-corrected chi connectivity index (χ1v) is 8.55. The van der Waals surface area contributed by atoms with Crippen LogP contribution in [0.15, 0.2) is 34.0 Å². The number of nitrogens with one attached hydrogen (secondary N) is 2. The Kier molecular flexibility index (Phi) is 10.7. The van der Waals surface area contributed by atoms with Crippen LogP contribution in [0, 0.1) is 6.92 Å². The van der Waals surface area contributed by atoms with E-state index in [1.54, 1.807) is 24.6 Å². The number of furan rings is 1. The predicted molar refractivity (Wildman–Crippen MR) is 108 cm³/mol. The van der Waals surface area contributed by atoms with Crippen molar-refractivity contribution in [3.05, 3.63) is 40.2 Å². The largest absolute Gasteiger partial charge is 0.467 e. The molecule has 6 nitrogen and oxygen atoms in total. The highest BCUT2D eigenvalue weighted by Gasteiger charge is 2.01. The maximum atomic E-state index is 5.53. The molecule has 2 N–H and O–H groups in total. The first-order chi connectivity index (χ1) is 11.3. The van der Waals surface area contributed by atoms with E-state index in [0.717, 1.165) is 42.7 Å². The molecule has 0 unspecified atom stereocenters. The third kappa shape index (κ3) is 8.11. The molecular weight excluding hydrogens is 439 g/mol. The monoisotopic (exact) mass is 464 g/mol. The van der Waals surface area contributed by atoms with E-state index in [4.69, 9.17) is 9.15 Å². The van der Waals surface area contributed by atoms with E-state index in [1.807, 2.05) is 18.3 Å². The van der Waals surface area contributed by atoms with Crippen molar-refractivity contribution in [3.8, 4) is 0 Å². The van der Waals surface area contributed by atoms with Gasteiger partial charge in [0, 0.05) is 44.2 Å². The molecule has 2 aromatic rings. The first-order valence-electron chi connectivity index (χ1n) is 7.74. The predicted octanol–water partition coefficient (Wildman–Crippen LogP) is 2.98. The van der Waals surface area contributed by atoms with E-state index >= 15 is 0 Å². The van der Waals surface area contributed by atoms with Gasteiger partial charge in [-0.05, 0) is 25.5 Å². The molecule has 0 aromatic carbocycles. The van der Waals surface area contributed by atoms with Crippen LogP contribution in [0.1, 0.15) is 22.1 Å². The Morgan fingerprint density at radius 3 is 2.88 bits per heavy atom. The highest BCUT2D eigenvalue weighted by atomic mass is 127. The molecular formula is C16H25IN4O2S. The minimum atomic E-state index is 0. The molecule has 0 spiro atoms. The van der Waals surface area contributed by atoms with Gasteiger partial charge in [-0.1, -0.05) is 0 Å². The van der Waals surface area contributed by atoms with Gasteiger partial charge in [0.05, 0.1) is 11.3 Å². The topological polar surface area (TPSA) is 71.7 Å². The highest BCUT2D eigenvalue weighted by molar-refractivity contribution is 14.0. The summed E-state index contributed by atoms with van der Waals surface area (Å²) in [5.41, 5.74) is 0. The molecule has 2 heterocycles. The van der Waals surface area contributed by atoms with E-state index in [-0.39, 0.29) is 24.0 Å². The summed E-state index contributed by atoms with van der Waals surface area (Å²) >= 11 is 1.74. The Bertz CT molecular complexity index is 587. The van der Waals surface area contributed by atoms with Gasteiger partial charge in [0.1, 0.15) is 12.4 Å². The smallest absolute Gasteiger partial charge is 0.190 e. The number of aliphatic imine (C=N–C) groups is 1. The number of halogens is 1. The van der Waals surface area contributed by atoms with Gasteiger partial charge in [0.25, 0.3) is 0 Å². The molecule has 0 saturated heterocycles. The lowest BCUT2D eigenvalue weighted by atomic mass is 10.4. The molecule has 0 fully saturated rings. The third-order valence-corrected chi connectivity index (χ3v) is 4.08. The second-order valence-electron chi connectivity index (χ2n) is 5.03. The summed E-state index contributed by atoms with van der Waals surface area (Å²) in [5.74, 6) is 1.66. The molecule has 0 aliphatic carbocycles. The number of thiazole rings is 1. The van der Waals surface area contributed by atoms with Crippen molar-refractivity contribution in [2.24, 2.45) is 4.99 Å². The van der Waals surface area contributed by atoms with E-state index in [1.165, 1.54) is 4.88 Å². The molecule has 8 heteroatoms. The van der Waals surface area contributed by atoms with Crippen LogP contribution in [0.5, 0.6) is 0 Å². The fraction of sp³-hybridized carbons (Fsp3) is 0.500. The Morgan fingerprint density at radius 2 is 2.21 bits per heavy atom. The summed E-state index contributed by atoms with van der Waals surface area (Å²) in [7, 11) is 1.77. The average Bonchev–Trinajstić information content (AvgIpc) is 3.20. The SMILES string of the molecule is CN=C(NCCCOCc1ccco1)NCCc1ncc(C)s1.I. The van der Waals surface area contributed by atoms with Gasteiger partial charge in [0.15, 0.2) is 5.96 Å². The van der Waals surface area contributed by atoms with Crippen molar-refractivity contribution in [3.63, 3.8) is 0 Å². The first kappa shape index (κ1) is 20.9. The van der Waals surface area contributed by atoms with E-state index in [9.17, 15) is 0 Å². The zero-order chi connectivity index (χ0) is 16.3. The molecule has 0 saturated carbocycles. The molecule has 0 atom stereocenters. The zero-order valence-electron chi connectivity index (χ0n) is 14.1. The van der Waals surface area contributed by atoms with Gasteiger partial charge >= 0.3 is 0 Å². The standard InChI is InChI=1S/C16H24N4O2S.HI/c1-13-11-20-15(23-13)6-8-19-16(17-2)18-7-4-9-21-12-14-5-3-10-22-14;/h3,5,10-11H,4,6-9,12H2,1-2H3,(H2,17,18,19);1H. The van der Waals surface area contributed by atoms with Crippen molar-refractivity contribution in [2.75, 3.05) is 26.7 Å². The molecule has 0 amide bonds. The van der Waals surface area contributed by atoms with Gasteiger partial charge in [0.2, 0.25) is 0 Å². The van der Waals surface area contributed by atoms with Crippen LogP contribution in [0.25, 0.3) is 0 Å². The van der Waals surface area contributed by atoms with Crippen LogP contribution in [0.2, 0.25) is 0 Å². The summed E-state index contributed by atoms with van der Waals surface area (Å²) in [6, 6.07) is 3.77. The van der Waals surface area contributed by atoms with E-state index in [0.29, 0.717) is 13.2 Å². The van der Waals surface area contributed by atoms with Crippen LogP contribution in [0.3, 0.4) is 0 Å². The zero-order valence-corrected chi connectivity index (χ0v) is 17.2. The fourth-order valence-electron chi connectivity index (χ4n) is 1.97. The molecule has 24 heavy (non-hydrogen) atoms. The lowest BCUT2D eigenvalue weighted by molar-refractivity contribution is 0.105. The number of aromatic nitrogens is 1. The van der Waals surface area contributed by atoms with Crippen LogP contribution in [-0.4, -0.2) is 37.7 Å². The lowest BCUT2D eigenvalue weighted by Gasteiger charge is -2.11. The van der Waals surface area contributed by atoms with Gasteiger partial charge in [-0.3, -0.25) is 4.99 Å². The van der Waals surface area contributed by atoms with Crippen molar-refractivity contribution < 1.29 is 9.15 Å². The van der Waals surface area contributed by atoms with Gasteiger partial charge in [-0.25, -0.2) is 4.98 Å². The van der Waals surface area contributed by atoms with Crippen molar-refractivity contribution in [1.82, 2.24) is 15.6 Å². The third-order valence-electron chi connectivity index (χ3n) is 3.11. The number of guanidine groups is 1. The quantitative estimate of drug-likeness (QED) is 0.259. The number of aryl methyl sites for hydroxylation is 1. The normalized spacial score (nSPS) is 11.2. The van der Waals surface area contributed by atoms with Crippen LogP contribution < -0.4 is 10.6 Å². The molecule has 2 rings (SSSR count). The Balaban J connectivity index is 0.00000288. The second kappa shape index (κ2) is 12.3. The van der Waals surface area contributed by atoms with Gasteiger partial charge in [-0.2, -0.15) is 0 Å². The maximum Gasteiger partial charge on any atom is 0.190 e. The molecule has 0 aliphatic heterocycles. The number of hydrogen-bond acceptors (Lipinski definition) is 5. The van der Waals surface area contributed by atoms with Crippen molar-refractivity contribution in [2.45, 2.75) is 26.4 Å². The van der Waals surface area contributed by atoms with Crippen molar-refractivity contribution in [1.29, 1.82) is 0 Å². The second-order valence-corrected chi connectivity index (χ2v) is 6.35. The molecule has 0 aliphatic rings. The number of rotatable bonds is 9. The summed E-state index contributed by atoms with van der Waals surface area (Å²) in [5, 5.41) is 7.71. The van der Waals surface area contributed by atoms with Gasteiger partial charge < -0.3 is 19.8 Å². The highest BCUT2D eigenvalue weighted by Crippen LogP contribution is 2.10. The minimum Gasteiger partial charge on any atom is -0.467 e. The van der Waals surface area contributed by atoms with E-state index < -0.39 is 0 Å². The minimum absolute atomic E-state index is 0. The molecule has 134 valence electrons.